The van der Waals surface area contributed by atoms with Crippen LogP contribution in [0.1, 0.15) is 139 Å². The molecule has 0 aromatic heterocycles. The lowest BCUT2D eigenvalue weighted by Crippen LogP contribution is -2.60. The van der Waals surface area contributed by atoms with Crippen LogP contribution >= 0.6 is 0 Å². The van der Waals surface area contributed by atoms with Crippen molar-refractivity contribution in [2.45, 2.75) is 262 Å². The van der Waals surface area contributed by atoms with Crippen molar-refractivity contribution in [3.63, 3.8) is 0 Å². The van der Waals surface area contributed by atoms with Crippen molar-refractivity contribution in [2.24, 2.45) is 41.4 Å². The molecule has 83 heavy (non-hydrogen) atoms. The van der Waals surface area contributed by atoms with Gasteiger partial charge in [0.2, 0.25) is 0 Å². The lowest BCUT2D eigenvalue weighted by Gasteiger charge is -2.41. The summed E-state index contributed by atoms with van der Waals surface area (Å²) < 4.78 is 22.9. The van der Waals surface area contributed by atoms with E-state index in [0.29, 0.717) is 37.7 Å². The normalized spacial score (nSPS) is 43.1. The van der Waals surface area contributed by atoms with Gasteiger partial charge in [0.25, 0.3) is 0 Å². The van der Waals surface area contributed by atoms with Gasteiger partial charge in [0.15, 0.2) is 6.29 Å². The molecular weight excluding hydrogens is 1100 g/mol. The van der Waals surface area contributed by atoms with Crippen molar-refractivity contribution in [2.75, 3.05) is 6.61 Å². The largest absolute Gasteiger partial charge is 0.462 e. The smallest absolute Gasteiger partial charge is 0.333 e. The molecule has 2 fully saturated rings. The molecule has 480 valence electrons. The van der Waals surface area contributed by atoms with Crippen LogP contribution in [0.15, 0.2) is 59.8 Å². The third kappa shape index (κ3) is 23.9. The average molecular weight is 1210 g/mol. The SMILES string of the molecule is CC1=[13CH]CCC(C)C(O)C(C)[13CH](O)C[13CH2]C=CC(C)[13CH](O)C=CC(C)C(O)C(C)=[13CH]C([18O][C@H]2O[C@H](CO)[C@@H](O)[C@H](O)[C@@H]2O)[13CH](O)C[13CH](O)C[13CH](O)CC(O)C(C)C(O)C(C)[13CH](O)C[13CH](O)C[13CH](O)C=[13CH]CC(C(C)C2CCC(=[18O])[18O]2)OC1=O. The summed E-state index contributed by atoms with van der Waals surface area (Å²) in [4.78, 5) is 25.5. The Morgan fingerprint density at radius 1 is 0.639 bits per heavy atom. The second kappa shape index (κ2) is 36.3. The summed E-state index contributed by atoms with van der Waals surface area (Å²) in [6.45, 7) is 14.2. The zero-order valence-electron chi connectivity index (χ0n) is 50.0. The zero-order chi connectivity index (χ0) is 62.6. The molecule has 3 rings (SSSR count). The molecule has 0 aromatic carbocycles. The third-order valence-electron chi connectivity index (χ3n) is 17.2. The van der Waals surface area contributed by atoms with E-state index in [0.717, 1.165) is 0 Å². The molecule has 0 amide bonds. The highest BCUT2D eigenvalue weighted by Crippen LogP contribution is 2.31. The van der Waals surface area contributed by atoms with E-state index in [-0.39, 0.29) is 49.6 Å². The number of cyclic esters (lactones) is 2. The Bertz CT molecular complexity index is 2050. The van der Waals surface area contributed by atoms with Crippen molar-refractivity contribution < 1.29 is 110 Å². The van der Waals surface area contributed by atoms with E-state index in [4.69, 9.17) is 18.9 Å². The molecule has 22 nitrogen and oxygen atoms in total. The Labute approximate surface area is 490 Å². The van der Waals surface area contributed by atoms with Gasteiger partial charge in [-0.3, -0.25) is 4.79 Å². The first kappa shape index (κ1) is 74.2. The van der Waals surface area contributed by atoms with Crippen molar-refractivity contribution in [3.05, 3.63) is 59.8 Å². The Morgan fingerprint density at radius 2 is 1.23 bits per heavy atom. The maximum absolute atomic E-state index is 13.5. The van der Waals surface area contributed by atoms with Crippen LogP contribution in [0.2, 0.25) is 0 Å². The quantitative estimate of drug-likeness (QED) is 0.0791. The van der Waals surface area contributed by atoms with Crippen molar-refractivity contribution in [1.29, 1.82) is 0 Å². The van der Waals surface area contributed by atoms with Crippen molar-refractivity contribution >= 4 is 11.9 Å². The molecule has 0 radical (unpaired) electrons. The second-order valence-electron chi connectivity index (χ2n) is 24.3. The van der Waals surface area contributed by atoms with E-state index in [1.54, 1.807) is 58.9 Å². The molecule has 0 saturated carbocycles. The highest BCUT2D eigenvalue weighted by Gasteiger charge is 2.46. The van der Waals surface area contributed by atoms with Crippen LogP contribution in [0.4, 0.5) is 0 Å². The number of aliphatic hydroxyl groups is 16. The van der Waals surface area contributed by atoms with E-state index in [2.05, 4.69) is 0 Å². The highest BCUT2D eigenvalue weighted by molar-refractivity contribution is 5.87. The van der Waals surface area contributed by atoms with Gasteiger partial charge in [0.05, 0.1) is 79.9 Å². The van der Waals surface area contributed by atoms with Gasteiger partial charge in [-0.05, 0) is 76.7 Å². The molecule has 16 N–H and O–H groups in total. The van der Waals surface area contributed by atoms with E-state index in [1.165, 1.54) is 39.0 Å². The van der Waals surface area contributed by atoms with Crippen LogP contribution in [-0.2, 0) is 28.5 Å². The number of esters is 2. The van der Waals surface area contributed by atoms with Crippen molar-refractivity contribution in [1.82, 2.24) is 0 Å². The monoisotopic (exact) mass is 1210 g/mol. The molecule has 3 heterocycles. The van der Waals surface area contributed by atoms with Gasteiger partial charge in [0.1, 0.15) is 42.7 Å². The number of hydrogen-bond donors (Lipinski definition) is 16. The van der Waals surface area contributed by atoms with Gasteiger partial charge in [0, 0.05) is 66.8 Å². The van der Waals surface area contributed by atoms with E-state index >= 15 is 0 Å². The topological polar surface area (TPSA) is 395 Å². The molecule has 0 spiro atoms. The molecule has 3 aliphatic rings. The molecule has 22 unspecified atom stereocenters. The van der Waals surface area contributed by atoms with Gasteiger partial charge in [-0.15, -0.1) is 0 Å². The minimum Gasteiger partial charge on any atom is -0.462 e. The van der Waals surface area contributed by atoms with Gasteiger partial charge in [-0.2, -0.15) is 0 Å². The highest BCUT2D eigenvalue weighted by atomic mass is 18.4. The lowest BCUT2D eigenvalue weighted by atomic mass is 9.90. The van der Waals surface area contributed by atoms with E-state index in [1.807, 2.05) is 13.0 Å². The molecule has 0 bridgehead atoms. The van der Waals surface area contributed by atoms with Crippen molar-refractivity contribution in [3.8, 4) is 0 Å². The van der Waals surface area contributed by atoms with Crippen LogP contribution in [-0.4, -0.2) is 223 Å². The standard InChI is InChI=1S/C61H104O22/c1-31-14-10-11-18-45(68)36(6)55(74)32(2)15-12-16-34(4)60(79)81-49(39(9)50-22-23-53(72)80-50)19-13-17-40(63)25-41(64)27-46(69)37(7)56(75)38(8)47(70)28-42(65)26-43(66)29-48(71)51(24-35(5)54(73)33(3)20-21-44(31)67)82-61-59(78)58(77)57(76)52(30-62)83-61/h10,13-14,16-17,20-21,24,31-33,36-52,54-59,61-71,73-78H,11-12,15,18-19,22-23,25-30H2,1-9H3/t31?,32?,33?,36?,37?,38?,39?,40?,41?,42?,43?,44?,45?,46?,47?,48?,49?,50?,51?,52-,54?,55?,56?,57-,58+,59+,61+/m1/s1/i11+1,13+1,16+1,24+1,40+1,41+1,42+1,43+1,44+1,45+1,46+1,48+1,72+2,80+2,82+2. The predicted octanol–water partition coefficient (Wildman–Crippen LogP) is 1.05. The van der Waals surface area contributed by atoms with Gasteiger partial charge >= 0.3 is 11.9 Å². The minimum atomic E-state index is -1.88. The molecule has 2 saturated heterocycles. The Hall–Kier alpha value is -3.08. The molecule has 27 atom stereocenters. The summed E-state index contributed by atoms with van der Waals surface area (Å²) in [6, 6.07) is 0. The maximum atomic E-state index is 13.5. The van der Waals surface area contributed by atoms with Gasteiger partial charge in [-0.1, -0.05) is 97.1 Å². The van der Waals surface area contributed by atoms with Gasteiger partial charge in [-0.25, -0.2) is 4.79 Å². The van der Waals surface area contributed by atoms with Gasteiger partial charge < -0.3 is 101 Å². The lowest BCUT2D eigenvalue weighted by molar-refractivity contribution is -0.313. The fourth-order valence-corrected chi connectivity index (χ4v) is 10.9. The summed E-state index contributed by atoms with van der Waals surface area (Å²) in [5, 5.41) is 175. The maximum Gasteiger partial charge on any atom is 0.333 e. The Morgan fingerprint density at radius 3 is 1.82 bits per heavy atom. The van der Waals surface area contributed by atoms with Crippen LogP contribution in [0.25, 0.3) is 0 Å². The first-order valence-corrected chi connectivity index (χ1v) is 29.8. The van der Waals surface area contributed by atoms with Crippen LogP contribution in [0.5, 0.6) is 0 Å². The number of rotatable bonds is 5. The second-order valence-corrected chi connectivity index (χ2v) is 24.3. The van der Waals surface area contributed by atoms with Crippen LogP contribution in [0.3, 0.4) is 0 Å². The summed E-state index contributed by atoms with van der Waals surface area (Å²) in [7, 11) is 0. The fraction of sp³-hybridized carbons (Fsp3) is 0.803. The first-order chi connectivity index (χ1) is 38.9. The first-order valence-electron chi connectivity index (χ1n) is 29.8. The number of carbonyl (C=O) groups excluding carboxylic acids is 2. The van der Waals surface area contributed by atoms with Crippen LogP contribution in [0, 0.1) is 41.4 Å². The molecule has 22 heteroatoms. The summed E-state index contributed by atoms with van der Waals surface area (Å²) in [5.41, 5.74) is 0.540. The molecule has 0 aliphatic carbocycles. The number of ether oxygens (including phenoxy) is 4. The summed E-state index contributed by atoms with van der Waals surface area (Å²) in [6.07, 6.45) is -13.0. The van der Waals surface area contributed by atoms with E-state index in [9.17, 15) is 91.3 Å². The van der Waals surface area contributed by atoms with Crippen LogP contribution < -0.4 is 0 Å². The average Bonchev–Trinajstić information content (AvgIpc) is 4.00. The Balaban J connectivity index is 1.88. The summed E-state index contributed by atoms with van der Waals surface area (Å²) >= 11 is 0. The number of carbonyl (C=O) groups is 2. The molecule has 0 aromatic rings. The fourth-order valence-electron chi connectivity index (χ4n) is 10.9. The Kier molecular flexibility index (Phi) is 32.4. The number of allylic oxidation sites excluding steroid dienone is 2. The number of hydrogen-bond acceptors (Lipinski definition) is 22. The minimum absolute atomic E-state index is 0.118. The zero-order valence-corrected chi connectivity index (χ0v) is 50.0. The summed E-state index contributed by atoms with van der Waals surface area (Å²) in [5.74, 6) is -5.08. The van der Waals surface area contributed by atoms with E-state index < -0.39 is 183 Å². The number of aliphatic hydroxyl groups excluding tert-OH is 16. The molecule has 3 aliphatic heterocycles. The predicted molar refractivity (Wildman–Crippen MR) is 305 cm³/mol. The molecular formula is C61H104O22. The third-order valence-corrected chi connectivity index (χ3v) is 17.2.